The smallest absolute Gasteiger partial charge is 0.303 e. The molecule has 0 radical (unpaired) electrons. The fourth-order valence-corrected chi connectivity index (χ4v) is 1.93. The van der Waals surface area contributed by atoms with Gasteiger partial charge in [0.15, 0.2) is 0 Å². The monoisotopic (exact) mass is 317 g/mol. The van der Waals surface area contributed by atoms with Gasteiger partial charge in [0, 0.05) is 17.3 Å². The highest BCUT2D eigenvalue weighted by molar-refractivity contribution is 9.10. The van der Waals surface area contributed by atoms with Gasteiger partial charge in [0.2, 0.25) is 5.91 Å². The highest BCUT2D eigenvalue weighted by Gasteiger charge is 2.13. The second-order valence-electron chi connectivity index (χ2n) is 4.08. The standard InChI is InChI=1S/C12H13BrFNO3/c1-7(5-12(17)18)4-11(16)15-10-3-2-8(14)6-9(10)13/h2-3,6-7H,4-5H2,1H3,(H,15,16)(H,17,18). The Kier molecular flexibility index (Phi) is 5.27. The van der Waals surface area contributed by atoms with Gasteiger partial charge in [-0.05, 0) is 40.0 Å². The highest BCUT2D eigenvalue weighted by Crippen LogP contribution is 2.23. The van der Waals surface area contributed by atoms with Gasteiger partial charge in [-0.2, -0.15) is 0 Å². The number of hydrogen-bond donors (Lipinski definition) is 2. The van der Waals surface area contributed by atoms with Crippen LogP contribution in [-0.2, 0) is 9.59 Å². The van der Waals surface area contributed by atoms with Gasteiger partial charge in [0.1, 0.15) is 5.82 Å². The van der Waals surface area contributed by atoms with Crippen LogP contribution in [0, 0.1) is 11.7 Å². The average molecular weight is 318 g/mol. The molecule has 1 atom stereocenters. The van der Waals surface area contributed by atoms with E-state index in [1.165, 1.54) is 18.2 Å². The summed E-state index contributed by atoms with van der Waals surface area (Å²) in [5, 5.41) is 11.2. The molecule has 1 unspecified atom stereocenters. The number of carbonyl (C=O) groups excluding carboxylic acids is 1. The molecule has 0 saturated heterocycles. The molecule has 18 heavy (non-hydrogen) atoms. The minimum atomic E-state index is -0.932. The number of anilines is 1. The molecule has 1 rings (SSSR count). The summed E-state index contributed by atoms with van der Waals surface area (Å²) in [7, 11) is 0. The minimum absolute atomic E-state index is 0.0575. The van der Waals surface area contributed by atoms with E-state index in [1.54, 1.807) is 6.92 Å². The van der Waals surface area contributed by atoms with Gasteiger partial charge in [-0.25, -0.2) is 4.39 Å². The fraction of sp³-hybridized carbons (Fsp3) is 0.333. The van der Waals surface area contributed by atoms with Crippen molar-refractivity contribution < 1.29 is 19.1 Å². The van der Waals surface area contributed by atoms with Crippen LogP contribution in [0.2, 0.25) is 0 Å². The molecule has 0 saturated carbocycles. The number of benzene rings is 1. The lowest BCUT2D eigenvalue weighted by Crippen LogP contribution is -2.17. The lowest BCUT2D eigenvalue weighted by atomic mass is 10.0. The zero-order valence-corrected chi connectivity index (χ0v) is 11.3. The molecule has 0 aromatic heterocycles. The molecular formula is C12H13BrFNO3. The van der Waals surface area contributed by atoms with E-state index in [9.17, 15) is 14.0 Å². The number of rotatable bonds is 5. The van der Waals surface area contributed by atoms with Crippen LogP contribution >= 0.6 is 15.9 Å². The number of aliphatic carboxylic acids is 1. The molecule has 0 aliphatic rings. The second kappa shape index (κ2) is 6.49. The Morgan fingerprint density at radius 2 is 2.11 bits per heavy atom. The van der Waals surface area contributed by atoms with Crippen molar-refractivity contribution in [2.24, 2.45) is 5.92 Å². The van der Waals surface area contributed by atoms with E-state index in [1.807, 2.05) is 0 Å². The van der Waals surface area contributed by atoms with Gasteiger partial charge in [-0.1, -0.05) is 6.92 Å². The van der Waals surface area contributed by atoms with Gasteiger partial charge in [-0.3, -0.25) is 9.59 Å². The topological polar surface area (TPSA) is 66.4 Å². The van der Waals surface area contributed by atoms with E-state index in [2.05, 4.69) is 21.2 Å². The lowest BCUT2D eigenvalue weighted by molar-refractivity contribution is -0.138. The summed E-state index contributed by atoms with van der Waals surface area (Å²) < 4.78 is 13.3. The van der Waals surface area contributed by atoms with Gasteiger partial charge < -0.3 is 10.4 Å². The summed E-state index contributed by atoms with van der Waals surface area (Å²) in [5.74, 6) is -1.88. The summed E-state index contributed by atoms with van der Waals surface area (Å²) in [6, 6.07) is 3.93. The third kappa shape index (κ3) is 4.83. The molecule has 1 aromatic carbocycles. The Morgan fingerprint density at radius 3 is 2.67 bits per heavy atom. The fourth-order valence-electron chi connectivity index (χ4n) is 1.48. The molecule has 0 aliphatic carbocycles. The van der Waals surface area contributed by atoms with Crippen LogP contribution < -0.4 is 5.32 Å². The Bertz CT molecular complexity index is 465. The molecule has 4 nitrogen and oxygen atoms in total. The van der Waals surface area contributed by atoms with Crippen molar-refractivity contribution in [1.29, 1.82) is 0 Å². The van der Waals surface area contributed by atoms with Crippen LogP contribution in [0.15, 0.2) is 22.7 Å². The predicted molar refractivity (Wildman–Crippen MR) is 68.8 cm³/mol. The molecule has 6 heteroatoms. The maximum Gasteiger partial charge on any atom is 0.303 e. The molecule has 0 aliphatic heterocycles. The first-order valence-corrected chi connectivity index (χ1v) is 6.14. The van der Waals surface area contributed by atoms with Gasteiger partial charge in [0.25, 0.3) is 0 Å². The van der Waals surface area contributed by atoms with E-state index in [0.717, 1.165) is 0 Å². The van der Waals surface area contributed by atoms with Crippen molar-refractivity contribution in [3.05, 3.63) is 28.5 Å². The number of halogens is 2. The molecule has 0 heterocycles. The summed E-state index contributed by atoms with van der Waals surface area (Å²) >= 11 is 3.13. The first-order chi connectivity index (χ1) is 8.38. The molecular weight excluding hydrogens is 305 g/mol. The summed E-state index contributed by atoms with van der Waals surface area (Å²) in [4.78, 5) is 22.1. The van der Waals surface area contributed by atoms with E-state index in [-0.39, 0.29) is 24.7 Å². The van der Waals surface area contributed by atoms with Gasteiger partial charge >= 0.3 is 5.97 Å². The molecule has 98 valence electrons. The maximum atomic E-state index is 12.8. The van der Waals surface area contributed by atoms with E-state index < -0.39 is 11.8 Å². The van der Waals surface area contributed by atoms with E-state index in [4.69, 9.17) is 5.11 Å². The number of amides is 1. The molecule has 1 amide bonds. The molecule has 0 fully saturated rings. The predicted octanol–water partition coefficient (Wildman–Crippen LogP) is 3.03. The Morgan fingerprint density at radius 1 is 1.44 bits per heavy atom. The number of nitrogens with one attached hydrogen (secondary N) is 1. The number of carboxylic acids is 1. The van der Waals surface area contributed by atoms with E-state index >= 15 is 0 Å². The molecule has 0 bridgehead atoms. The Hall–Kier alpha value is -1.43. The largest absolute Gasteiger partial charge is 0.481 e. The van der Waals surface area contributed by atoms with Crippen molar-refractivity contribution in [3.8, 4) is 0 Å². The van der Waals surface area contributed by atoms with Crippen molar-refractivity contribution in [2.45, 2.75) is 19.8 Å². The van der Waals surface area contributed by atoms with Gasteiger partial charge in [0.05, 0.1) is 5.69 Å². The van der Waals surface area contributed by atoms with Crippen LogP contribution in [0.1, 0.15) is 19.8 Å². The molecule has 2 N–H and O–H groups in total. The van der Waals surface area contributed by atoms with Crippen molar-refractivity contribution in [2.75, 3.05) is 5.32 Å². The van der Waals surface area contributed by atoms with Crippen LogP contribution in [0.5, 0.6) is 0 Å². The zero-order chi connectivity index (χ0) is 13.7. The summed E-state index contributed by atoms with van der Waals surface area (Å²) in [5.41, 5.74) is 0.462. The van der Waals surface area contributed by atoms with Gasteiger partial charge in [-0.15, -0.1) is 0 Å². The Balaban J connectivity index is 2.56. The van der Waals surface area contributed by atoms with Crippen molar-refractivity contribution >= 4 is 33.5 Å². The highest BCUT2D eigenvalue weighted by atomic mass is 79.9. The first-order valence-electron chi connectivity index (χ1n) is 5.35. The molecule has 1 aromatic rings. The summed E-state index contributed by atoms with van der Waals surface area (Å²) in [6.07, 6.45) is 0.0497. The van der Waals surface area contributed by atoms with Crippen molar-refractivity contribution in [1.82, 2.24) is 0 Å². The Labute approximate surface area is 112 Å². The number of carbonyl (C=O) groups is 2. The third-order valence-electron chi connectivity index (χ3n) is 2.26. The summed E-state index contributed by atoms with van der Waals surface area (Å²) in [6.45, 7) is 1.69. The number of hydrogen-bond acceptors (Lipinski definition) is 2. The lowest BCUT2D eigenvalue weighted by Gasteiger charge is -2.10. The van der Waals surface area contributed by atoms with Crippen LogP contribution in [0.25, 0.3) is 0 Å². The van der Waals surface area contributed by atoms with Crippen molar-refractivity contribution in [3.63, 3.8) is 0 Å². The quantitative estimate of drug-likeness (QED) is 0.877. The zero-order valence-electron chi connectivity index (χ0n) is 9.74. The normalized spacial score (nSPS) is 11.9. The SMILES string of the molecule is CC(CC(=O)O)CC(=O)Nc1ccc(F)cc1Br. The van der Waals surface area contributed by atoms with Crippen LogP contribution in [0.4, 0.5) is 10.1 Å². The average Bonchev–Trinajstić information content (AvgIpc) is 2.20. The first kappa shape index (κ1) is 14.6. The number of carboxylic acid groups (broad SMARTS) is 1. The van der Waals surface area contributed by atoms with E-state index in [0.29, 0.717) is 10.2 Å². The van der Waals surface area contributed by atoms with Crippen LogP contribution in [0.3, 0.4) is 0 Å². The molecule has 0 spiro atoms. The minimum Gasteiger partial charge on any atom is -0.481 e. The van der Waals surface area contributed by atoms with Crippen LogP contribution in [-0.4, -0.2) is 17.0 Å². The maximum absolute atomic E-state index is 12.8. The third-order valence-corrected chi connectivity index (χ3v) is 2.92. The second-order valence-corrected chi connectivity index (χ2v) is 4.93.